The van der Waals surface area contributed by atoms with Crippen molar-refractivity contribution < 1.29 is 23.1 Å². The van der Waals surface area contributed by atoms with Gasteiger partial charge in [-0.05, 0) is 33.8 Å². The molecule has 132 valence electrons. The minimum atomic E-state index is -1.30. The predicted octanol–water partition coefficient (Wildman–Crippen LogP) is 2.44. The molecule has 0 saturated carbocycles. The van der Waals surface area contributed by atoms with Crippen LogP contribution < -0.4 is 0 Å². The molecular weight excluding hydrogens is 320 g/mol. The van der Waals surface area contributed by atoms with E-state index in [-0.39, 0.29) is 31.2 Å². The SMILES string of the molecule is CC1CN(C(=O)OC(C)(C)C)CCN1C(=O)c1ccnc(F)c1F. The molecule has 1 atom stereocenters. The van der Waals surface area contributed by atoms with Crippen LogP contribution in [0.5, 0.6) is 0 Å². The third kappa shape index (κ3) is 3.98. The average molecular weight is 341 g/mol. The van der Waals surface area contributed by atoms with E-state index in [1.165, 1.54) is 9.80 Å². The highest BCUT2D eigenvalue weighted by Gasteiger charge is 2.33. The third-order valence-electron chi connectivity index (χ3n) is 3.62. The molecule has 2 rings (SSSR count). The van der Waals surface area contributed by atoms with Gasteiger partial charge in [0, 0.05) is 31.9 Å². The van der Waals surface area contributed by atoms with Crippen LogP contribution in [0.25, 0.3) is 0 Å². The van der Waals surface area contributed by atoms with Gasteiger partial charge in [-0.25, -0.2) is 14.2 Å². The average Bonchev–Trinajstić information content (AvgIpc) is 2.47. The van der Waals surface area contributed by atoms with E-state index in [1.54, 1.807) is 27.7 Å². The van der Waals surface area contributed by atoms with Crippen LogP contribution in [0.2, 0.25) is 0 Å². The second-order valence-corrected chi connectivity index (χ2v) is 6.74. The number of pyridine rings is 1. The van der Waals surface area contributed by atoms with Gasteiger partial charge >= 0.3 is 6.09 Å². The van der Waals surface area contributed by atoms with Crippen LogP contribution in [0.3, 0.4) is 0 Å². The van der Waals surface area contributed by atoms with Gasteiger partial charge in [0.05, 0.1) is 5.56 Å². The van der Waals surface area contributed by atoms with Crippen LogP contribution in [0, 0.1) is 11.8 Å². The number of aromatic nitrogens is 1. The lowest BCUT2D eigenvalue weighted by Crippen LogP contribution is -2.56. The number of carbonyl (C=O) groups excluding carboxylic acids is 2. The molecule has 6 nitrogen and oxygen atoms in total. The first-order valence-corrected chi connectivity index (χ1v) is 7.69. The summed E-state index contributed by atoms with van der Waals surface area (Å²) in [5.41, 5.74) is -0.967. The van der Waals surface area contributed by atoms with Crippen molar-refractivity contribution in [2.45, 2.75) is 39.3 Å². The smallest absolute Gasteiger partial charge is 0.410 e. The van der Waals surface area contributed by atoms with Crippen molar-refractivity contribution in [3.05, 3.63) is 29.6 Å². The maximum Gasteiger partial charge on any atom is 0.410 e. The molecule has 0 bridgehead atoms. The van der Waals surface area contributed by atoms with E-state index in [0.717, 1.165) is 12.3 Å². The van der Waals surface area contributed by atoms with Crippen molar-refractivity contribution in [1.82, 2.24) is 14.8 Å². The van der Waals surface area contributed by atoms with Gasteiger partial charge in [-0.2, -0.15) is 4.39 Å². The van der Waals surface area contributed by atoms with Gasteiger partial charge in [0.1, 0.15) is 5.60 Å². The quantitative estimate of drug-likeness (QED) is 0.736. The maximum atomic E-state index is 13.8. The van der Waals surface area contributed by atoms with Crippen molar-refractivity contribution >= 4 is 12.0 Å². The zero-order valence-electron chi connectivity index (χ0n) is 14.2. The summed E-state index contributed by atoms with van der Waals surface area (Å²) in [6.07, 6.45) is 0.593. The van der Waals surface area contributed by atoms with E-state index in [1.807, 2.05) is 0 Å². The Balaban J connectivity index is 2.07. The Labute approximate surface area is 139 Å². The van der Waals surface area contributed by atoms with Crippen LogP contribution in [0.4, 0.5) is 13.6 Å². The van der Waals surface area contributed by atoms with Crippen molar-refractivity contribution in [3.8, 4) is 0 Å². The number of piperazine rings is 1. The number of carbonyl (C=O) groups is 2. The molecule has 1 aromatic rings. The summed E-state index contributed by atoms with van der Waals surface area (Å²) >= 11 is 0. The predicted molar refractivity (Wildman–Crippen MR) is 82.5 cm³/mol. The van der Waals surface area contributed by atoms with Gasteiger partial charge in [-0.1, -0.05) is 0 Å². The highest BCUT2D eigenvalue weighted by atomic mass is 19.2. The monoisotopic (exact) mass is 341 g/mol. The Bertz CT molecular complexity index is 646. The Kier molecular flexibility index (Phi) is 5.05. The first kappa shape index (κ1) is 18.1. The second-order valence-electron chi connectivity index (χ2n) is 6.74. The Morgan fingerprint density at radius 3 is 2.54 bits per heavy atom. The summed E-state index contributed by atoms with van der Waals surface area (Å²) in [6.45, 7) is 7.79. The van der Waals surface area contributed by atoms with Crippen LogP contribution in [-0.4, -0.2) is 58.1 Å². The molecule has 1 unspecified atom stereocenters. The summed E-state index contributed by atoms with van der Waals surface area (Å²) in [6, 6.07) is 0.794. The summed E-state index contributed by atoms with van der Waals surface area (Å²) < 4.78 is 32.3. The number of ether oxygens (including phenoxy) is 1. The minimum Gasteiger partial charge on any atom is -0.444 e. The molecule has 0 N–H and O–H groups in total. The topological polar surface area (TPSA) is 62.7 Å². The summed E-state index contributed by atoms with van der Waals surface area (Å²) in [5, 5.41) is 0. The van der Waals surface area contributed by atoms with E-state index >= 15 is 0 Å². The fraction of sp³-hybridized carbons (Fsp3) is 0.562. The third-order valence-corrected chi connectivity index (χ3v) is 3.62. The first-order chi connectivity index (χ1) is 11.1. The van der Waals surface area contributed by atoms with Crippen molar-refractivity contribution in [1.29, 1.82) is 0 Å². The van der Waals surface area contributed by atoms with Crippen LogP contribution in [0.1, 0.15) is 38.1 Å². The first-order valence-electron chi connectivity index (χ1n) is 7.69. The van der Waals surface area contributed by atoms with Crippen molar-refractivity contribution in [2.75, 3.05) is 19.6 Å². The molecule has 2 heterocycles. The standard InChI is InChI=1S/C16H21F2N3O3/c1-10-9-20(15(23)24-16(2,3)4)7-8-21(10)14(22)11-5-6-19-13(18)12(11)17/h5-6,10H,7-9H2,1-4H3. The van der Waals surface area contributed by atoms with Gasteiger partial charge < -0.3 is 14.5 Å². The van der Waals surface area contributed by atoms with E-state index in [9.17, 15) is 18.4 Å². The highest BCUT2D eigenvalue weighted by Crippen LogP contribution is 2.19. The number of nitrogens with zero attached hydrogens (tertiary/aromatic N) is 3. The summed E-state index contributed by atoms with van der Waals surface area (Å²) in [4.78, 5) is 30.6. The molecule has 2 amide bonds. The largest absolute Gasteiger partial charge is 0.444 e. The van der Waals surface area contributed by atoms with Gasteiger partial charge in [0.15, 0.2) is 5.82 Å². The lowest BCUT2D eigenvalue weighted by atomic mass is 10.1. The second kappa shape index (κ2) is 6.70. The zero-order valence-corrected chi connectivity index (χ0v) is 14.2. The van der Waals surface area contributed by atoms with Crippen LogP contribution in [-0.2, 0) is 4.74 Å². The molecule has 1 aromatic heterocycles. The van der Waals surface area contributed by atoms with Gasteiger partial charge in [0.25, 0.3) is 5.91 Å². The molecule has 1 saturated heterocycles. The molecule has 8 heteroatoms. The number of hydrogen-bond donors (Lipinski definition) is 0. The highest BCUT2D eigenvalue weighted by molar-refractivity contribution is 5.94. The minimum absolute atomic E-state index is 0.211. The number of hydrogen-bond acceptors (Lipinski definition) is 4. The van der Waals surface area contributed by atoms with Crippen molar-refractivity contribution in [2.24, 2.45) is 0 Å². The maximum absolute atomic E-state index is 13.8. The summed E-state index contributed by atoms with van der Waals surface area (Å²) in [5.74, 6) is -3.18. The molecule has 1 fully saturated rings. The molecular formula is C16H21F2N3O3. The Morgan fingerprint density at radius 1 is 1.29 bits per heavy atom. The lowest BCUT2D eigenvalue weighted by Gasteiger charge is -2.40. The summed E-state index contributed by atoms with van der Waals surface area (Å²) in [7, 11) is 0. The number of rotatable bonds is 1. The van der Waals surface area contributed by atoms with E-state index in [2.05, 4.69) is 4.98 Å². The van der Waals surface area contributed by atoms with E-state index < -0.39 is 29.4 Å². The number of halogens is 2. The van der Waals surface area contributed by atoms with E-state index in [0.29, 0.717) is 0 Å². The fourth-order valence-electron chi connectivity index (χ4n) is 2.49. The van der Waals surface area contributed by atoms with Gasteiger partial charge in [0.2, 0.25) is 5.95 Å². The fourth-order valence-corrected chi connectivity index (χ4v) is 2.49. The van der Waals surface area contributed by atoms with Gasteiger partial charge in [-0.3, -0.25) is 4.79 Å². The van der Waals surface area contributed by atoms with Crippen LogP contribution in [0.15, 0.2) is 12.3 Å². The molecule has 0 spiro atoms. The normalized spacial score (nSPS) is 18.5. The Hall–Kier alpha value is -2.25. The Morgan fingerprint density at radius 2 is 1.96 bits per heavy atom. The number of amides is 2. The lowest BCUT2D eigenvalue weighted by molar-refractivity contribution is 0.00605. The van der Waals surface area contributed by atoms with Crippen molar-refractivity contribution in [3.63, 3.8) is 0 Å². The molecule has 0 aromatic carbocycles. The van der Waals surface area contributed by atoms with Crippen LogP contribution >= 0.6 is 0 Å². The molecule has 24 heavy (non-hydrogen) atoms. The molecule has 0 aliphatic carbocycles. The molecule has 1 aliphatic heterocycles. The van der Waals surface area contributed by atoms with Gasteiger partial charge in [-0.15, -0.1) is 0 Å². The molecule has 0 radical (unpaired) electrons. The molecule has 1 aliphatic rings. The van der Waals surface area contributed by atoms with E-state index in [4.69, 9.17) is 4.74 Å². The zero-order chi connectivity index (χ0) is 18.1.